The van der Waals surface area contributed by atoms with Gasteiger partial charge in [0.05, 0.1) is 6.54 Å². The molecule has 1 saturated carbocycles. The van der Waals surface area contributed by atoms with Gasteiger partial charge in [-0.3, -0.25) is 0 Å². The zero-order valence-corrected chi connectivity index (χ0v) is 13.2. The van der Waals surface area contributed by atoms with E-state index in [1.54, 1.807) is 17.4 Å². The van der Waals surface area contributed by atoms with Gasteiger partial charge in [-0.15, -0.1) is 11.3 Å². The number of rotatable bonds is 8. The third kappa shape index (κ3) is 4.16. The number of furan rings is 1. The first kappa shape index (κ1) is 14.8. The van der Waals surface area contributed by atoms with E-state index in [1.807, 2.05) is 17.5 Å². The van der Waals surface area contributed by atoms with Crippen molar-refractivity contribution in [2.45, 2.75) is 36.9 Å². The lowest BCUT2D eigenvalue weighted by Gasteiger charge is -2.03. The van der Waals surface area contributed by atoms with E-state index in [-0.39, 0.29) is 5.09 Å². The second kappa shape index (κ2) is 6.31. The lowest BCUT2D eigenvalue weighted by molar-refractivity contribution is 0.399. The maximum atomic E-state index is 12.1. The SMILES string of the molecule is O=S(=O)(NCCc1cccs1)c1ccc(CNC2CC2)o1. The molecule has 3 rings (SSSR count). The minimum absolute atomic E-state index is 0.0127. The number of hydrogen-bond donors (Lipinski definition) is 2. The molecule has 0 atom stereocenters. The molecule has 2 aromatic rings. The normalized spacial score (nSPS) is 15.4. The molecule has 7 heteroatoms. The van der Waals surface area contributed by atoms with Gasteiger partial charge in [-0.05, 0) is 42.8 Å². The first-order valence-electron chi connectivity index (χ1n) is 6.98. The number of thiophene rings is 1. The fourth-order valence-corrected chi connectivity index (χ4v) is 3.65. The number of hydrogen-bond acceptors (Lipinski definition) is 5. The summed E-state index contributed by atoms with van der Waals surface area (Å²) < 4.78 is 32.2. The molecule has 0 spiro atoms. The molecule has 1 aliphatic rings. The summed E-state index contributed by atoms with van der Waals surface area (Å²) in [5.41, 5.74) is 0. The van der Waals surface area contributed by atoms with Gasteiger partial charge in [0.25, 0.3) is 10.0 Å². The Morgan fingerprint density at radius 2 is 2.14 bits per heavy atom. The van der Waals surface area contributed by atoms with E-state index in [4.69, 9.17) is 4.42 Å². The fourth-order valence-electron chi connectivity index (χ4n) is 1.96. The lowest BCUT2D eigenvalue weighted by Crippen LogP contribution is -2.25. The molecule has 0 aliphatic heterocycles. The first-order chi connectivity index (χ1) is 10.1. The molecule has 2 heterocycles. The van der Waals surface area contributed by atoms with Crippen molar-refractivity contribution in [2.24, 2.45) is 0 Å². The van der Waals surface area contributed by atoms with Crippen LogP contribution in [0.15, 0.2) is 39.2 Å². The van der Waals surface area contributed by atoms with Crippen molar-refractivity contribution in [3.8, 4) is 0 Å². The molecule has 5 nitrogen and oxygen atoms in total. The first-order valence-corrected chi connectivity index (χ1v) is 9.34. The molecule has 1 aliphatic carbocycles. The Morgan fingerprint density at radius 1 is 1.29 bits per heavy atom. The predicted octanol–water partition coefficient (Wildman–Crippen LogP) is 2.11. The molecule has 0 amide bonds. The summed E-state index contributed by atoms with van der Waals surface area (Å²) in [6, 6.07) is 7.74. The number of sulfonamides is 1. The standard InChI is InChI=1S/C14H18N2O3S2/c17-21(18,16-8-7-13-2-1-9-20-13)14-6-5-12(19-14)10-15-11-3-4-11/h1-2,5-6,9,11,15-16H,3-4,7-8,10H2. The van der Waals surface area contributed by atoms with Gasteiger partial charge in [0, 0.05) is 17.5 Å². The van der Waals surface area contributed by atoms with Gasteiger partial charge < -0.3 is 9.73 Å². The summed E-state index contributed by atoms with van der Waals surface area (Å²) in [6.07, 6.45) is 3.07. The Morgan fingerprint density at radius 3 is 2.86 bits per heavy atom. The highest BCUT2D eigenvalue weighted by Crippen LogP contribution is 2.20. The van der Waals surface area contributed by atoms with Crippen molar-refractivity contribution in [1.82, 2.24) is 10.0 Å². The van der Waals surface area contributed by atoms with E-state index < -0.39 is 10.0 Å². The van der Waals surface area contributed by atoms with Crippen LogP contribution in [-0.2, 0) is 23.0 Å². The van der Waals surface area contributed by atoms with E-state index in [0.717, 1.165) is 4.88 Å². The largest absolute Gasteiger partial charge is 0.447 e. The highest BCUT2D eigenvalue weighted by molar-refractivity contribution is 7.89. The molecule has 1 fully saturated rings. The van der Waals surface area contributed by atoms with Crippen molar-refractivity contribution < 1.29 is 12.8 Å². The van der Waals surface area contributed by atoms with Gasteiger partial charge in [0.1, 0.15) is 5.76 Å². The van der Waals surface area contributed by atoms with E-state index >= 15 is 0 Å². The minimum Gasteiger partial charge on any atom is -0.447 e. The molecular formula is C14H18N2O3S2. The highest BCUT2D eigenvalue weighted by Gasteiger charge is 2.22. The van der Waals surface area contributed by atoms with Crippen molar-refractivity contribution in [3.05, 3.63) is 40.3 Å². The van der Waals surface area contributed by atoms with E-state index in [9.17, 15) is 8.42 Å². The summed E-state index contributed by atoms with van der Waals surface area (Å²) >= 11 is 1.62. The Balaban J connectivity index is 1.53. The monoisotopic (exact) mass is 326 g/mol. The molecular weight excluding hydrogens is 308 g/mol. The maximum Gasteiger partial charge on any atom is 0.273 e. The Hall–Kier alpha value is -1.15. The molecule has 0 saturated heterocycles. The summed E-state index contributed by atoms with van der Waals surface area (Å²) in [5.74, 6) is 0.653. The van der Waals surface area contributed by atoms with Crippen LogP contribution in [0.5, 0.6) is 0 Å². The highest BCUT2D eigenvalue weighted by atomic mass is 32.2. The lowest BCUT2D eigenvalue weighted by atomic mass is 10.3. The van der Waals surface area contributed by atoms with Crippen molar-refractivity contribution in [3.63, 3.8) is 0 Å². The Labute approximate surface area is 128 Å². The van der Waals surface area contributed by atoms with Crippen LogP contribution in [0.3, 0.4) is 0 Å². The third-order valence-electron chi connectivity index (χ3n) is 3.29. The zero-order chi connectivity index (χ0) is 14.7. The van der Waals surface area contributed by atoms with Crippen LogP contribution in [0.1, 0.15) is 23.5 Å². The molecule has 0 unspecified atom stereocenters. The summed E-state index contributed by atoms with van der Waals surface area (Å²) in [6.45, 7) is 0.953. The second-order valence-corrected chi connectivity index (χ2v) is 7.83. The van der Waals surface area contributed by atoms with Crippen LogP contribution < -0.4 is 10.0 Å². The Bertz CT molecular complexity index is 673. The molecule has 0 aromatic carbocycles. The van der Waals surface area contributed by atoms with Crippen LogP contribution in [0, 0.1) is 0 Å². The van der Waals surface area contributed by atoms with E-state index in [0.29, 0.717) is 31.3 Å². The van der Waals surface area contributed by atoms with Gasteiger partial charge in [0.15, 0.2) is 0 Å². The average Bonchev–Trinajstić information content (AvgIpc) is 2.93. The van der Waals surface area contributed by atoms with E-state index in [2.05, 4.69) is 10.0 Å². The van der Waals surface area contributed by atoms with Gasteiger partial charge in [-0.1, -0.05) is 6.07 Å². The molecule has 2 aromatic heterocycles. The van der Waals surface area contributed by atoms with E-state index in [1.165, 1.54) is 18.9 Å². The quantitative estimate of drug-likeness (QED) is 0.779. The molecule has 114 valence electrons. The van der Waals surface area contributed by atoms with Gasteiger partial charge >= 0.3 is 0 Å². The molecule has 2 N–H and O–H groups in total. The topological polar surface area (TPSA) is 71.3 Å². The van der Waals surface area contributed by atoms with Crippen LogP contribution in [0.2, 0.25) is 0 Å². The maximum absolute atomic E-state index is 12.1. The number of nitrogens with one attached hydrogen (secondary N) is 2. The molecule has 21 heavy (non-hydrogen) atoms. The molecule has 0 bridgehead atoms. The van der Waals surface area contributed by atoms with Gasteiger partial charge in [-0.25, -0.2) is 13.1 Å². The summed E-state index contributed by atoms with van der Waals surface area (Å²) in [7, 11) is -3.56. The van der Waals surface area contributed by atoms with Crippen LogP contribution in [-0.4, -0.2) is 21.0 Å². The smallest absolute Gasteiger partial charge is 0.273 e. The van der Waals surface area contributed by atoms with Gasteiger partial charge in [-0.2, -0.15) is 0 Å². The molecule has 0 radical (unpaired) electrons. The predicted molar refractivity (Wildman–Crippen MR) is 81.8 cm³/mol. The second-order valence-electron chi connectivity index (χ2n) is 5.10. The summed E-state index contributed by atoms with van der Waals surface area (Å²) in [5, 5.41) is 5.26. The third-order valence-corrected chi connectivity index (χ3v) is 5.56. The Kier molecular flexibility index (Phi) is 4.44. The fraction of sp³-hybridized carbons (Fsp3) is 0.429. The summed E-state index contributed by atoms with van der Waals surface area (Å²) in [4.78, 5) is 1.16. The van der Waals surface area contributed by atoms with Crippen molar-refractivity contribution in [1.29, 1.82) is 0 Å². The van der Waals surface area contributed by atoms with Crippen molar-refractivity contribution in [2.75, 3.05) is 6.54 Å². The minimum atomic E-state index is -3.56. The average molecular weight is 326 g/mol. The van der Waals surface area contributed by atoms with Crippen LogP contribution in [0.4, 0.5) is 0 Å². The van der Waals surface area contributed by atoms with Crippen LogP contribution in [0.25, 0.3) is 0 Å². The van der Waals surface area contributed by atoms with Crippen LogP contribution >= 0.6 is 11.3 Å². The van der Waals surface area contributed by atoms with Crippen molar-refractivity contribution >= 4 is 21.4 Å². The zero-order valence-electron chi connectivity index (χ0n) is 11.5. The van der Waals surface area contributed by atoms with Gasteiger partial charge in [0.2, 0.25) is 5.09 Å².